The molecule has 0 spiro atoms. The zero-order valence-electron chi connectivity index (χ0n) is 14.1. The van der Waals surface area contributed by atoms with E-state index < -0.39 is 23.7 Å². The van der Waals surface area contributed by atoms with E-state index in [1.165, 1.54) is 19.1 Å². The first-order chi connectivity index (χ1) is 11.9. The van der Waals surface area contributed by atoms with Gasteiger partial charge in [0.15, 0.2) is 17.7 Å². The fourth-order valence-corrected chi connectivity index (χ4v) is 2.72. The Hall–Kier alpha value is -2.22. The molecule has 0 aliphatic carbocycles. The number of carboxylic acids is 1. The van der Waals surface area contributed by atoms with Crippen LogP contribution in [0.1, 0.15) is 19.8 Å². The molecule has 8 heteroatoms. The van der Waals surface area contributed by atoms with Crippen molar-refractivity contribution in [2.24, 2.45) is 0 Å². The van der Waals surface area contributed by atoms with E-state index in [0.717, 1.165) is 6.07 Å². The van der Waals surface area contributed by atoms with Gasteiger partial charge in [0, 0.05) is 32.6 Å². The van der Waals surface area contributed by atoms with Gasteiger partial charge in [0.2, 0.25) is 5.82 Å². The standard InChI is InChI=1S/C17H22F2N2O4/c1-12(25-14-5-2-4-13(18)16(14)19)17(24)21-10-8-20(9-11-21)7-3-6-15(22)23/h2,4-5,12H,3,6-11H2,1H3,(H,22,23)/t12-/m1/s1. The first kappa shape index (κ1) is 19.1. The Kier molecular flexibility index (Phi) is 6.69. The van der Waals surface area contributed by atoms with Gasteiger partial charge in [-0.05, 0) is 32.0 Å². The maximum atomic E-state index is 13.6. The quantitative estimate of drug-likeness (QED) is 0.806. The van der Waals surface area contributed by atoms with E-state index in [1.54, 1.807) is 4.90 Å². The van der Waals surface area contributed by atoms with Crippen molar-refractivity contribution in [3.8, 4) is 5.75 Å². The molecule has 2 rings (SSSR count). The Bertz CT molecular complexity index is 619. The van der Waals surface area contributed by atoms with Crippen molar-refractivity contribution in [2.75, 3.05) is 32.7 Å². The number of piperazine rings is 1. The molecule has 1 saturated heterocycles. The smallest absolute Gasteiger partial charge is 0.303 e. The Morgan fingerprint density at radius 1 is 1.24 bits per heavy atom. The first-order valence-corrected chi connectivity index (χ1v) is 8.22. The van der Waals surface area contributed by atoms with E-state index in [2.05, 4.69) is 4.90 Å². The van der Waals surface area contributed by atoms with Crippen LogP contribution in [0.15, 0.2) is 18.2 Å². The summed E-state index contributed by atoms with van der Waals surface area (Å²) in [7, 11) is 0. The molecule has 0 bridgehead atoms. The lowest BCUT2D eigenvalue weighted by atomic mass is 10.2. The summed E-state index contributed by atoms with van der Waals surface area (Å²) in [5.74, 6) is -3.51. The molecule has 1 heterocycles. The summed E-state index contributed by atoms with van der Waals surface area (Å²) in [5.41, 5.74) is 0. The fourth-order valence-electron chi connectivity index (χ4n) is 2.72. The van der Waals surface area contributed by atoms with Crippen LogP contribution in [0.2, 0.25) is 0 Å². The average Bonchev–Trinajstić information content (AvgIpc) is 2.58. The summed E-state index contributed by atoms with van der Waals surface area (Å²) in [4.78, 5) is 26.6. The lowest BCUT2D eigenvalue weighted by molar-refractivity contribution is -0.139. The minimum atomic E-state index is -1.11. The van der Waals surface area contributed by atoms with E-state index in [-0.39, 0.29) is 18.1 Å². The minimum absolute atomic E-state index is 0.128. The first-order valence-electron chi connectivity index (χ1n) is 8.22. The molecule has 0 saturated carbocycles. The minimum Gasteiger partial charge on any atom is -0.481 e. The van der Waals surface area contributed by atoms with Gasteiger partial charge in [-0.2, -0.15) is 4.39 Å². The molecule has 0 unspecified atom stereocenters. The van der Waals surface area contributed by atoms with Gasteiger partial charge in [-0.25, -0.2) is 4.39 Å². The van der Waals surface area contributed by atoms with Crippen LogP contribution in [0.5, 0.6) is 5.75 Å². The third-order valence-electron chi connectivity index (χ3n) is 4.12. The van der Waals surface area contributed by atoms with E-state index in [4.69, 9.17) is 9.84 Å². The number of hydrogen-bond acceptors (Lipinski definition) is 4. The predicted molar refractivity (Wildman–Crippen MR) is 86.3 cm³/mol. The molecule has 25 heavy (non-hydrogen) atoms. The SMILES string of the molecule is C[C@@H](Oc1cccc(F)c1F)C(=O)N1CCN(CCCC(=O)O)CC1. The van der Waals surface area contributed by atoms with Gasteiger partial charge in [0.1, 0.15) is 0 Å². The highest BCUT2D eigenvalue weighted by Gasteiger charge is 2.26. The lowest BCUT2D eigenvalue weighted by Crippen LogP contribution is -2.52. The van der Waals surface area contributed by atoms with Crippen LogP contribution in [0, 0.1) is 11.6 Å². The summed E-state index contributed by atoms with van der Waals surface area (Å²) < 4.78 is 32.1. The molecule has 1 N–H and O–H groups in total. The third-order valence-corrected chi connectivity index (χ3v) is 4.12. The number of carboxylic acid groups (broad SMARTS) is 1. The van der Waals surface area contributed by atoms with Crippen LogP contribution in [0.25, 0.3) is 0 Å². The number of hydrogen-bond donors (Lipinski definition) is 1. The van der Waals surface area contributed by atoms with E-state index >= 15 is 0 Å². The third kappa shape index (κ3) is 5.38. The number of halogens is 2. The number of rotatable bonds is 7. The van der Waals surface area contributed by atoms with Crippen molar-refractivity contribution in [3.63, 3.8) is 0 Å². The molecule has 1 atom stereocenters. The number of aliphatic carboxylic acids is 1. The monoisotopic (exact) mass is 356 g/mol. The Balaban J connectivity index is 1.81. The van der Waals surface area contributed by atoms with E-state index in [1.807, 2.05) is 0 Å². The second-order valence-corrected chi connectivity index (χ2v) is 5.98. The Morgan fingerprint density at radius 2 is 1.92 bits per heavy atom. The number of amides is 1. The van der Waals surface area contributed by atoms with Crippen LogP contribution in [-0.4, -0.2) is 65.6 Å². The van der Waals surface area contributed by atoms with Gasteiger partial charge in [0.25, 0.3) is 5.91 Å². The molecule has 1 aliphatic heterocycles. The molecule has 1 fully saturated rings. The van der Waals surface area contributed by atoms with Crippen molar-refractivity contribution >= 4 is 11.9 Å². The summed E-state index contributed by atoms with van der Waals surface area (Å²) in [6, 6.07) is 3.59. The summed E-state index contributed by atoms with van der Waals surface area (Å²) in [5, 5.41) is 8.64. The van der Waals surface area contributed by atoms with Crippen molar-refractivity contribution in [1.82, 2.24) is 9.80 Å². The summed E-state index contributed by atoms with van der Waals surface area (Å²) in [6.07, 6.45) is -0.222. The molecule has 0 radical (unpaired) electrons. The van der Waals surface area contributed by atoms with Crippen molar-refractivity contribution in [1.29, 1.82) is 0 Å². The summed E-state index contributed by atoms with van der Waals surface area (Å²) >= 11 is 0. The second-order valence-electron chi connectivity index (χ2n) is 5.98. The fraction of sp³-hybridized carbons (Fsp3) is 0.529. The highest BCUT2D eigenvalue weighted by molar-refractivity contribution is 5.81. The van der Waals surface area contributed by atoms with Gasteiger partial charge < -0.3 is 14.7 Å². The van der Waals surface area contributed by atoms with Crippen LogP contribution in [0.4, 0.5) is 8.78 Å². The summed E-state index contributed by atoms with van der Waals surface area (Å²) in [6.45, 7) is 4.45. The highest BCUT2D eigenvalue weighted by atomic mass is 19.2. The van der Waals surface area contributed by atoms with Gasteiger partial charge in [0.05, 0.1) is 0 Å². The molecular formula is C17H22F2N2O4. The molecule has 1 aromatic rings. The maximum Gasteiger partial charge on any atom is 0.303 e. The number of ether oxygens (including phenoxy) is 1. The molecule has 1 aliphatic rings. The van der Waals surface area contributed by atoms with Gasteiger partial charge in [-0.15, -0.1) is 0 Å². The lowest BCUT2D eigenvalue weighted by Gasteiger charge is -2.35. The molecule has 138 valence electrons. The average molecular weight is 356 g/mol. The second kappa shape index (κ2) is 8.75. The molecule has 1 aromatic carbocycles. The highest BCUT2D eigenvalue weighted by Crippen LogP contribution is 2.21. The van der Waals surface area contributed by atoms with Crippen LogP contribution >= 0.6 is 0 Å². The maximum absolute atomic E-state index is 13.6. The van der Waals surface area contributed by atoms with Crippen LogP contribution in [0.3, 0.4) is 0 Å². The normalized spacial score (nSPS) is 16.5. The zero-order valence-corrected chi connectivity index (χ0v) is 14.1. The van der Waals surface area contributed by atoms with Crippen LogP contribution < -0.4 is 4.74 Å². The van der Waals surface area contributed by atoms with Crippen molar-refractivity contribution in [3.05, 3.63) is 29.8 Å². The number of benzene rings is 1. The number of carbonyl (C=O) groups excluding carboxylic acids is 1. The largest absolute Gasteiger partial charge is 0.481 e. The predicted octanol–water partition coefficient (Wildman–Crippen LogP) is 1.74. The topological polar surface area (TPSA) is 70.1 Å². The molecular weight excluding hydrogens is 334 g/mol. The van der Waals surface area contributed by atoms with E-state index in [9.17, 15) is 18.4 Å². The van der Waals surface area contributed by atoms with Gasteiger partial charge in [-0.3, -0.25) is 14.5 Å². The molecule has 1 amide bonds. The van der Waals surface area contributed by atoms with Crippen LogP contribution in [-0.2, 0) is 9.59 Å². The molecule has 6 nitrogen and oxygen atoms in total. The number of nitrogens with zero attached hydrogens (tertiary/aromatic N) is 2. The molecule has 0 aromatic heterocycles. The van der Waals surface area contributed by atoms with Crippen molar-refractivity contribution in [2.45, 2.75) is 25.9 Å². The Labute approximate surface area is 145 Å². The van der Waals surface area contributed by atoms with Gasteiger partial charge >= 0.3 is 5.97 Å². The van der Waals surface area contributed by atoms with Gasteiger partial charge in [-0.1, -0.05) is 6.07 Å². The zero-order chi connectivity index (χ0) is 18.4. The van der Waals surface area contributed by atoms with E-state index in [0.29, 0.717) is 39.1 Å². The van der Waals surface area contributed by atoms with Crippen molar-refractivity contribution < 1.29 is 28.2 Å². The number of carbonyl (C=O) groups is 2. The Morgan fingerprint density at radius 3 is 2.56 bits per heavy atom.